The van der Waals surface area contributed by atoms with Crippen LogP contribution in [0, 0.1) is 5.82 Å². The van der Waals surface area contributed by atoms with Gasteiger partial charge < -0.3 is 10.5 Å². The Balaban J connectivity index is 2.10. The fraction of sp³-hybridized carbons (Fsp3) is 0.571. The summed E-state index contributed by atoms with van der Waals surface area (Å²) in [6.45, 7) is 6.94. The van der Waals surface area contributed by atoms with Crippen LogP contribution in [0.25, 0.3) is 0 Å². The number of ether oxygens (including phenoxy) is 1. The smallest absolute Gasteiger partial charge is 0.123 e. The molecule has 0 bridgehead atoms. The van der Waals surface area contributed by atoms with Gasteiger partial charge in [0.2, 0.25) is 0 Å². The van der Waals surface area contributed by atoms with Gasteiger partial charge in [0.1, 0.15) is 5.82 Å². The second-order valence-corrected chi connectivity index (χ2v) is 5.09. The highest BCUT2D eigenvalue weighted by Gasteiger charge is 2.23. The van der Waals surface area contributed by atoms with Crippen LogP contribution in [0.5, 0.6) is 0 Å². The van der Waals surface area contributed by atoms with Crippen LogP contribution < -0.4 is 5.73 Å². The Morgan fingerprint density at radius 2 is 2.06 bits per heavy atom. The van der Waals surface area contributed by atoms with Gasteiger partial charge in [-0.05, 0) is 37.1 Å². The maximum Gasteiger partial charge on any atom is 0.123 e. The zero-order valence-corrected chi connectivity index (χ0v) is 11.0. The lowest BCUT2D eigenvalue weighted by atomic mass is 10.1. The molecule has 1 fully saturated rings. The van der Waals surface area contributed by atoms with Gasteiger partial charge >= 0.3 is 0 Å². The Bertz CT molecular complexity index is 411. The van der Waals surface area contributed by atoms with E-state index in [-0.39, 0.29) is 11.9 Å². The molecule has 1 aromatic rings. The third-order valence-electron chi connectivity index (χ3n) is 3.38. The summed E-state index contributed by atoms with van der Waals surface area (Å²) in [4.78, 5) is 2.32. The Morgan fingerprint density at radius 3 is 2.78 bits per heavy atom. The monoisotopic (exact) mass is 252 g/mol. The van der Waals surface area contributed by atoms with E-state index >= 15 is 0 Å². The normalized spacial score (nSPS) is 25.3. The Kier molecular flexibility index (Phi) is 4.32. The number of nitrogens with two attached hydrogens (primary N) is 1. The summed E-state index contributed by atoms with van der Waals surface area (Å²) in [6, 6.07) is 5.43. The second kappa shape index (κ2) is 5.78. The maximum absolute atomic E-state index is 13.4. The van der Waals surface area contributed by atoms with E-state index in [1.807, 2.05) is 6.07 Å². The minimum Gasteiger partial charge on any atom is -0.376 e. The number of halogens is 1. The summed E-state index contributed by atoms with van der Waals surface area (Å²) < 4.78 is 19.0. The SMILES string of the molecule is CC1CN(Cc2cc(F)cc(CN)c2)C(C)CO1. The van der Waals surface area contributed by atoms with E-state index in [1.54, 1.807) is 6.07 Å². The summed E-state index contributed by atoms with van der Waals surface area (Å²) in [6.07, 6.45) is 0.240. The van der Waals surface area contributed by atoms with Gasteiger partial charge in [-0.3, -0.25) is 4.90 Å². The van der Waals surface area contributed by atoms with Crippen LogP contribution in [0.2, 0.25) is 0 Å². The van der Waals surface area contributed by atoms with Crippen LogP contribution in [-0.2, 0) is 17.8 Å². The van der Waals surface area contributed by atoms with Crippen LogP contribution in [0.3, 0.4) is 0 Å². The van der Waals surface area contributed by atoms with Crippen LogP contribution in [0.1, 0.15) is 25.0 Å². The van der Waals surface area contributed by atoms with Crippen molar-refractivity contribution in [1.29, 1.82) is 0 Å². The van der Waals surface area contributed by atoms with E-state index in [1.165, 1.54) is 6.07 Å². The topological polar surface area (TPSA) is 38.5 Å². The molecule has 0 spiro atoms. The van der Waals surface area contributed by atoms with Crippen molar-refractivity contribution in [3.05, 3.63) is 35.1 Å². The molecule has 1 aliphatic rings. The molecule has 2 N–H and O–H groups in total. The largest absolute Gasteiger partial charge is 0.376 e. The molecule has 100 valence electrons. The van der Waals surface area contributed by atoms with Gasteiger partial charge in [-0.2, -0.15) is 0 Å². The molecule has 2 atom stereocenters. The van der Waals surface area contributed by atoms with Crippen LogP contribution in [0.4, 0.5) is 4.39 Å². The highest BCUT2D eigenvalue weighted by Crippen LogP contribution is 2.17. The molecule has 4 heteroatoms. The van der Waals surface area contributed by atoms with Crippen molar-refractivity contribution in [2.24, 2.45) is 5.73 Å². The van der Waals surface area contributed by atoms with E-state index in [9.17, 15) is 4.39 Å². The van der Waals surface area contributed by atoms with Crippen LogP contribution >= 0.6 is 0 Å². The van der Waals surface area contributed by atoms with Crippen molar-refractivity contribution in [3.63, 3.8) is 0 Å². The molecule has 18 heavy (non-hydrogen) atoms. The quantitative estimate of drug-likeness (QED) is 0.893. The molecule has 1 aromatic carbocycles. The Morgan fingerprint density at radius 1 is 1.33 bits per heavy atom. The minimum atomic E-state index is -0.207. The zero-order chi connectivity index (χ0) is 13.1. The van der Waals surface area contributed by atoms with Crippen molar-refractivity contribution < 1.29 is 9.13 Å². The first-order valence-corrected chi connectivity index (χ1v) is 6.42. The predicted molar refractivity (Wildman–Crippen MR) is 69.6 cm³/mol. The molecule has 0 radical (unpaired) electrons. The highest BCUT2D eigenvalue weighted by molar-refractivity contribution is 5.24. The maximum atomic E-state index is 13.4. The van der Waals surface area contributed by atoms with Gasteiger partial charge in [0.15, 0.2) is 0 Å². The zero-order valence-electron chi connectivity index (χ0n) is 11.0. The average molecular weight is 252 g/mol. The molecule has 1 aliphatic heterocycles. The number of hydrogen-bond donors (Lipinski definition) is 1. The van der Waals surface area contributed by atoms with Gasteiger partial charge in [0.25, 0.3) is 0 Å². The van der Waals surface area contributed by atoms with Crippen LogP contribution in [-0.4, -0.2) is 30.2 Å². The lowest BCUT2D eigenvalue weighted by molar-refractivity contribution is -0.0526. The highest BCUT2D eigenvalue weighted by atomic mass is 19.1. The van der Waals surface area contributed by atoms with E-state index in [4.69, 9.17) is 10.5 Å². The van der Waals surface area contributed by atoms with E-state index in [0.29, 0.717) is 12.6 Å². The van der Waals surface area contributed by atoms with E-state index in [0.717, 1.165) is 30.8 Å². The van der Waals surface area contributed by atoms with Gasteiger partial charge in [-0.1, -0.05) is 6.07 Å². The molecule has 0 saturated carbocycles. The van der Waals surface area contributed by atoms with Gasteiger partial charge in [-0.15, -0.1) is 0 Å². The molecule has 1 saturated heterocycles. The standard InChI is InChI=1S/C14H21FN2O/c1-10-9-18-11(2)7-17(10)8-13-3-12(6-16)4-14(15)5-13/h3-5,10-11H,6-9,16H2,1-2H3. The predicted octanol–water partition coefficient (Wildman–Crippen LogP) is 1.89. The van der Waals surface area contributed by atoms with E-state index < -0.39 is 0 Å². The molecular formula is C14H21FN2O. The third kappa shape index (κ3) is 3.28. The minimum absolute atomic E-state index is 0.207. The van der Waals surface area contributed by atoms with Crippen molar-refractivity contribution in [1.82, 2.24) is 4.90 Å². The third-order valence-corrected chi connectivity index (χ3v) is 3.38. The van der Waals surface area contributed by atoms with E-state index in [2.05, 4.69) is 18.7 Å². The van der Waals surface area contributed by atoms with Crippen molar-refractivity contribution in [3.8, 4) is 0 Å². The molecular weight excluding hydrogens is 231 g/mol. The molecule has 0 amide bonds. The summed E-state index contributed by atoms with van der Waals surface area (Å²) in [7, 11) is 0. The van der Waals surface area contributed by atoms with Crippen LogP contribution in [0.15, 0.2) is 18.2 Å². The number of benzene rings is 1. The second-order valence-electron chi connectivity index (χ2n) is 5.09. The summed E-state index contributed by atoms with van der Waals surface area (Å²) in [5.74, 6) is -0.207. The molecule has 1 heterocycles. The average Bonchev–Trinajstić information content (AvgIpc) is 2.33. The lowest BCUT2D eigenvalue weighted by Crippen LogP contribution is -2.46. The molecule has 2 unspecified atom stereocenters. The fourth-order valence-corrected chi connectivity index (χ4v) is 2.35. The number of nitrogens with zero attached hydrogens (tertiary/aromatic N) is 1. The van der Waals surface area contributed by atoms with Crippen molar-refractivity contribution >= 4 is 0 Å². The first-order chi connectivity index (χ1) is 8.58. The molecule has 3 nitrogen and oxygen atoms in total. The lowest BCUT2D eigenvalue weighted by Gasteiger charge is -2.36. The van der Waals surface area contributed by atoms with Gasteiger partial charge in [0, 0.05) is 25.7 Å². The summed E-state index contributed by atoms with van der Waals surface area (Å²) in [5, 5.41) is 0. The number of hydrogen-bond acceptors (Lipinski definition) is 3. The van der Waals surface area contributed by atoms with Crippen molar-refractivity contribution in [2.45, 2.75) is 39.1 Å². The van der Waals surface area contributed by atoms with Gasteiger partial charge in [-0.25, -0.2) is 4.39 Å². The number of rotatable bonds is 3. The number of morpholine rings is 1. The molecule has 2 rings (SSSR count). The summed E-state index contributed by atoms with van der Waals surface area (Å²) >= 11 is 0. The van der Waals surface area contributed by atoms with Gasteiger partial charge in [0.05, 0.1) is 12.7 Å². The Labute approximate surface area is 108 Å². The van der Waals surface area contributed by atoms with Crippen molar-refractivity contribution in [2.75, 3.05) is 13.2 Å². The Hall–Kier alpha value is -0.970. The fourth-order valence-electron chi connectivity index (χ4n) is 2.35. The first-order valence-electron chi connectivity index (χ1n) is 6.42. The molecule has 0 aliphatic carbocycles. The molecule has 0 aromatic heterocycles. The first kappa shape index (κ1) is 13.5. The summed E-state index contributed by atoms with van der Waals surface area (Å²) in [5.41, 5.74) is 7.40.